The molecule has 0 amide bonds. The van der Waals surface area contributed by atoms with Gasteiger partial charge in [0.1, 0.15) is 12.0 Å². The zero-order valence-corrected chi connectivity index (χ0v) is 20.3. The largest absolute Gasteiger partial charge is 0.469 e. The number of rotatable bonds is 10. The highest BCUT2D eigenvalue weighted by atomic mass is 16.5. The molecule has 0 aliphatic carbocycles. The molecule has 0 aliphatic heterocycles. The van der Waals surface area contributed by atoms with E-state index in [1.807, 2.05) is 30.3 Å². The molecule has 0 saturated heterocycles. The molecule has 1 N–H and O–H groups in total. The van der Waals surface area contributed by atoms with Gasteiger partial charge in [-0.1, -0.05) is 48.5 Å². The van der Waals surface area contributed by atoms with Crippen molar-refractivity contribution in [2.45, 2.75) is 26.5 Å². The lowest BCUT2D eigenvalue weighted by atomic mass is 9.94. The normalized spacial score (nSPS) is 10.9. The van der Waals surface area contributed by atoms with Crippen LogP contribution in [-0.2, 0) is 27.4 Å². The highest BCUT2D eigenvalue weighted by Crippen LogP contribution is 2.32. The standard InChI is InChI=1S/C29H30N2O4/c1-20-7-4-5-10-25(20)26-12-11-23(16-24(26)18-33-2)29-31-27(19-35-29)22-9-6-8-21(15-22)17-30-14-13-28(32)34-3/h4-12,15-16,19,30H,13-14,17-18H2,1-3H3. The monoisotopic (exact) mass is 470 g/mol. The van der Waals surface area contributed by atoms with E-state index in [2.05, 4.69) is 53.4 Å². The van der Waals surface area contributed by atoms with E-state index in [-0.39, 0.29) is 5.97 Å². The van der Waals surface area contributed by atoms with Gasteiger partial charge in [-0.15, -0.1) is 0 Å². The van der Waals surface area contributed by atoms with E-state index in [0.29, 0.717) is 32.0 Å². The van der Waals surface area contributed by atoms with Gasteiger partial charge in [0.05, 0.1) is 20.1 Å². The first kappa shape index (κ1) is 24.4. The molecular formula is C29H30N2O4. The molecule has 0 radical (unpaired) electrons. The van der Waals surface area contributed by atoms with Gasteiger partial charge in [-0.25, -0.2) is 4.98 Å². The molecule has 0 spiro atoms. The third kappa shape index (κ3) is 6.04. The number of benzene rings is 3. The van der Waals surface area contributed by atoms with Crippen molar-refractivity contribution in [2.75, 3.05) is 20.8 Å². The summed E-state index contributed by atoms with van der Waals surface area (Å²) in [6, 6.07) is 22.7. The van der Waals surface area contributed by atoms with Gasteiger partial charge in [-0.05, 0) is 52.9 Å². The summed E-state index contributed by atoms with van der Waals surface area (Å²) in [5.41, 5.74) is 8.38. The molecule has 35 heavy (non-hydrogen) atoms. The Morgan fingerprint density at radius 2 is 1.83 bits per heavy atom. The van der Waals surface area contributed by atoms with Gasteiger partial charge in [0.15, 0.2) is 0 Å². The molecule has 0 unspecified atom stereocenters. The first-order valence-corrected chi connectivity index (χ1v) is 11.6. The van der Waals surface area contributed by atoms with Crippen LogP contribution in [0.4, 0.5) is 0 Å². The number of hydrogen-bond acceptors (Lipinski definition) is 6. The van der Waals surface area contributed by atoms with Crippen molar-refractivity contribution < 1.29 is 18.7 Å². The number of carbonyl (C=O) groups is 1. The maximum absolute atomic E-state index is 11.3. The molecule has 1 aromatic heterocycles. The lowest BCUT2D eigenvalue weighted by Gasteiger charge is -2.12. The summed E-state index contributed by atoms with van der Waals surface area (Å²) in [5.74, 6) is 0.345. The number of hydrogen-bond donors (Lipinski definition) is 1. The second kappa shape index (κ2) is 11.6. The van der Waals surface area contributed by atoms with Crippen LogP contribution in [0.2, 0.25) is 0 Å². The predicted octanol–water partition coefficient (Wildman–Crippen LogP) is 5.78. The molecule has 0 bridgehead atoms. The zero-order valence-electron chi connectivity index (χ0n) is 20.3. The number of carbonyl (C=O) groups excluding carboxylic acids is 1. The minimum Gasteiger partial charge on any atom is -0.469 e. The molecule has 180 valence electrons. The number of aromatic nitrogens is 1. The van der Waals surface area contributed by atoms with Crippen molar-refractivity contribution in [1.82, 2.24) is 10.3 Å². The molecule has 1 heterocycles. The topological polar surface area (TPSA) is 73.6 Å². The van der Waals surface area contributed by atoms with E-state index in [0.717, 1.165) is 33.5 Å². The Bertz CT molecular complexity index is 1300. The number of nitrogens with one attached hydrogen (secondary N) is 1. The van der Waals surface area contributed by atoms with Gasteiger partial charge in [0.25, 0.3) is 0 Å². The average Bonchev–Trinajstić information content (AvgIpc) is 3.38. The molecule has 0 saturated carbocycles. The van der Waals surface area contributed by atoms with Crippen molar-refractivity contribution >= 4 is 5.97 Å². The van der Waals surface area contributed by atoms with Gasteiger partial charge >= 0.3 is 5.97 Å². The van der Waals surface area contributed by atoms with Gasteiger partial charge in [0.2, 0.25) is 5.89 Å². The quantitative estimate of drug-likeness (QED) is 0.234. The minimum atomic E-state index is -0.220. The van der Waals surface area contributed by atoms with Gasteiger partial charge in [-0.3, -0.25) is 4.79 Å². The van der Waals surface area contributed by atoms with Crippen LogP contribution in [-0.4, -0.2) is 31.7 Å². The number of oxazole rings is 1. The summed E-state index contributed by atoms with van der Waals surface area (Å²) < 4.78 is 16.0. The molecule has 4 aromatic rings. The highest BCUT2D eigenvalue weighted by molar-refractivity contribution is 5.74. The van der Waals surface area contributed by atoms with Gasteiger partial charge < -0.3 is 19.2 Å². The van der Waals surface area contributed by atoms with Crippen molar-refractivity contribution in [3.8, 4) is 33.8 Å². The third-order valence-electron chi connectivity index (χ3n) is 5.88. The molecule has 3 aromatic carbocycles. The van der Waals surface area contributed by atoms with E-state index in [1.54, 1.807) is 13.4 Å². The van der Waals surface area contributed by atoms with Crippen LogP contribution in [0.5, 0.6) is 0 Å². The number of ether oxygens (including phenoxy) is 2. The van der Waals surface area contributed by atoms with Crippen molar-refractivity contribution in [1.29, 1.82) is 0 Å². The first-order valence-electron chi connectivity index (χ1n) is 11.6. The third-order valence-corrected chi connectivity index (χ3v) is 5.88. The maximum Gasteiger partial charge on any atom is 0.306 e. The summed E-state index contributed by atoms with van der Waals surface area (Å²) >= 11 is 0. The Hall–Kier alpha value is -3.74. The van der Waals surface area contributed by atoms with Crippen LogP contribution < -0.4 is 5.32 Å². The Balaban J connectivity index is 1.53. The van der Waals surface area contributed by atoms with Crippen LogP contribution >= 0.6 is 0 Å². The number of esters is 1. The smallest absolute Gasteiger partial charge is 0.306 e. The summed E-state index contributed by atoms with van der Waals surface area (Å²) in [4.78, 5) is 16.0. The molecule has 6 heteroatoms. The van der Waals surface area contributed by atoms with E-state index in [1.165, 1.54) is 18.2 Å². The minimum absolute atomic E-state index is 0.220. The Morgan fingerprint density at radius 3 is 2.63 bits per heavy atom. The van der Waals surface area contributed by atoms with Gasteiger partial charge in [0, 0.05) is 31.3 Å². The predicted molar refractivity (Wildman–Crippen MR) is 137 cm³/mol. The highest BCUT2D eigenvalue weighted by Gasteiger charge is 2.14. The molecule has 4 rings (SSSR count). The van der Waals surface area contributed by atoms with Crippen LogP contribution in [0.1, 0.15) is 23.1 Å². The fraction of sp³-hybridized carbons (Fsp3) is 0.241. The van der Waals surface area contributed by atoms with E-state index < -0.39 is 0 Å². The molecule has 0 aliphatic rings. The fourth-order valence-corrected chi connectivity index (χ4v) is 4.04. The van der Waals surface area contributed by atoms with E-state index >= 15 is 0 Å². The molecular weight excluding hydrogens is 440 g/mol. The Morgan fingerprint density at radius 1 is 0.971 bits per heavy atom. The molecule has 6 nitrogen and oxygen atoms in total. The fourth-order valence-electron chi connectivity index (χ4n) is 4.04. The van der Waals surface area contributed by atoms with Crippen molar-refractivity contribution in [3.05, 3.63) is 89.7 Å². The molecule has 0 fully saturated rings. The van der Waals surface area contributed by atoms with E-state index in [4.69, 9.17) is 14.1 Å². The summed E-state index contributed by atoms with van der Waals surface area (Å²) in [7, 11) is 3.10. The Labute approximate surface area is 205 Å². The van der Waals surface area contributed by atoms with Crippen molar-refractivity contribution in [3.63, 3.8) is 0 Å². The lowest BCUT2D eigenvalue weighted by Crippen LogP contribution is -2.18. The average molecular weight is 471 g/mol. The number of aryl methyl sites for hydroxylation is 1. The number of methoxy groups -OCH3 is 2. The maximum atomic E-state index is 11.3. The second-order valence-electron chi connectivity index (χ2n) is 8.36. The SMILES string of the molecule is COCc1cc(-c2nc(-c3cccc(CNCCC(=O)OC)c3)co2)ccc1-c1ccccc1C. The summed E-state index contributed by atoms with van der Waals surface area (Å²) in [6.07, 6.45) is 2.03. The summed E-state index contributed by atoms with van der Waals surface area (Å²) in [5, 5.41) is 3.26. The van der Waals surface area contributed by atoms with Crippen LogP contribution in [0.25, 0.3) is 33.8 Å². The van der Waals surface area contributed by atoms with Crippen LogP contribution in [0, 0.1) is 6.92 Å². The van der Waals surface area contributed by atoms with Crippen LogP contribution in [0.15, 0.2) is 77.4 Å². The number of nitrogens with zero attached hydrogens (tertiary/aromatic N) is 1. The molecule has 0 atom stereocenters. The first-order chi connectivity index (χ1) is 17.1. The van der Waals surface area contributed by atoms with Crippen LogP contribution in [0.3, 0.4) is 0 Å². The van der Waals surface area contributed by atoms with E-state index in [9.17, 15) is 4.79 Å². The zero-order chi connectivity index (χ0) is 24.6. The van der Waals surface area contributed by atoms with Gasteiger partial charge in [-0.2, -0.15) is 0 Å². The Kier molecular flexibility index (Phi) is 8.08. The lowest BCUT2D eigenvalue weighted by molar-refractivity contribution is -0.140. The summed E-state index contributed by atoms with van der Waals surface area (Å²) in [6.45, 7) is 3.82. The van der Waals surface area contributed by atoms with Crippen molar-refractivity contribution in [2.24, 2.45) is 0 Å². The second-order valence-corrected chi connectivity index (χ2v) is 8.36.